The molecule has 1 unspecified atom stereocenters. The first kappa shape index (κ1) is 21.4. The molecule has 2 amide bonds. The van der Waals surface area contributed by atoms with Gasteiger partial charge in [-0.1, -0.05) is 12.1 Å². The number of carbonyl (C=O) groups excluding carboxylic acids is 2. The van der Waals surface area contributed by atoms with Crippen LogP contribution in [-0.2, 0) is 27.2 Å². The Morgan fingerprint density at radius 2 is 2.03 bits per heavy atom. The summed E-state index contributed by atoms with van der Waals surface area (Å²) in [5, 5.41) is 0. The van der Waals surface area contributed by atoms with Crippen molar-refractivity contribution in [3.63, 3.8) is 0 Å². The summed E-state index contributed by atoms with van der Waals surface area (Å²) in [5.74, 6) is 0.994. The average molecular weight is 426 g/mol. The minimum atomic E-state index is -0.277. The van der Waals surface area contributed by atoms with E-state index < -0.39 is 0 Å². The van der Waals surface area contributed by atoms with E-state index in [1.807, 2.05) is 11.8 Å². The number of benzene rings is 1. The fraction of sp³-hybridized carbons (Fsp3) is 0.478. The highest BCUT2D eigenvalue weighted by Crippen LogP contribution is 2.35. The molecular formula is C23H27FN4O3. The van der Waals surface area contributed by atoms with Crippen LogP contribution < -0.4 is 4.90 Å². The molecule has 8 heteroatoms. The molecule has 0 aliphatic carbocycles. The van der Waals surface area contributed by atoms with Gasteiger partial charge in [-0.15, -0.1) is 0 Å². The molecule has 1 aromatic heterocycles. The summed E-state index contributed by atoms with van der Waals surface area (Å²) in [6, 6.07) is 6.14. The molecular weight excluding hydrogens is 399 g/mol. The predicted molar refractivity (Wildman–Crippen MR) is 113 cm³/mol. The fourth-order valence-corrected chi connectivity index (χ4v) is 4.34. The summed E-state index contributed by atoms with van der Waals surface area (Å²) in [6.07, 6.45) is 2.93. The van der Waals surface area contributed by atoms with Gasteiger partial charge in [0.1, 0.15) is 11.6 Å². The van der Waals surface area contributed by atoms with Crippen molar-refractivity contribution in [3.8, 4) is 0 Å². The lowest BCUT2D eigenvalue weighted by molar-refractivity contribution is -0.133. The van der Waals surface area contributed by atoms with Crippen LogP contribution in [-0.4, -0.2) is 53.5 Å². The number of hydrogen-bond acceptors (Lipinski definition) is 5. The number of methoxy groups -OCH3 is 1. The lowest BCUT2D eigenvalue weighted by atomic mass is 10.1. The van der Waals surface area contributed by atoms with Gasteiger partial charge < -0.3 is 9.64 Å². The number of nitrogens with zero attached hydrogens (tertiary/aromatic N) is 4. The Balaban J connectivity index is 1.56. The van der Waals surface area contributed by atoms with Crippen molar-refractivity contribution in [2.24, 2.45) is 0 Å². The number of aryl methyl sites for hydroxylation is 1. The Hall–Kier alpha value is -2.87. The molecule has 7 nitrogen and oxygen atoms in total. The van der Waals surface area contributed by atoms with Crippen molar-refractivity contribution in [1.82, 2.24) is 14.9 Å². The molecule has 2 aliphatic heterocycles. The third-order valence-electron chi connectivity index (χ3n) is 6.02. The topological polar surface area (TPSA) is 75.6 Å². The molecule has 0 saturated carbocycles. The molecule has 0 radical (unpaired) electrons. The second-order valence-electron chi connectivity index (χ2n) is 8.06. The van der Waals surface area contributed by atoms with Crippen LogP contribution in [0, 0.1) is 12.7 Å². The van der Waals surface area contributed by atoms with Gasteiger partial charge in [0, 0.05) is 31.5 Å². The maximum atomic E-state index is 13.2. The zero-order chi connectivity index (χ0) is 22.0. The van der Waals surface area contributed by atoms with E-state index in [4.69, 9.17) is 9.72 Å². The molecule has 1 fully saturated rings. The number of fused-ring (bicyclic) bond motifs is 1. The Labute approximate surface area is 181 Å². The Kier molecular flexibility index (Phi) is 6.27. The van der Waals surface area contributed by atoms with Gasteiger partial charge in [0.15, 0.2) is 5.82 Å². The zero-order valence-corrected chi connectivity index (χ0v) is 17.9. The molecule has 0 bridgehead atoms. The maximum Gasteiger partial charge on any atom is 0.232 e. The summed E-state index contributed by atoms with van der Waals surface area (Å²) in [6.45, 7) is 3.43. The molecule has 1 aromatic carbocycles. The SMILES string of the molecule is COCCC(=O)N1CCCC1c1nc(C)c2c(n1)N(CCc1ccc(F)cc1)C(=O)C2. The van der Waals surface area contributed by atoms with E-state index in [0.717, 1.165) is 29.7 Å². The first-order valence-corrected chi connectivity index (χ1v) is 10.7. The monoisotopic (exact) mass is 426 g/mol. The van der Waals surface area contributed by atoms with Gasteiger partial charge in [0.2, 0.25) is 11.8 Å². The van der Waals surface area contributed by atoms with E-state index in [-0.39, 0.29) is 30.1 Å². The van der Waals surface area contributed by atoms with Crippen LogP contribution in [0.3, 0.4) is 0 Å². The van der Waals surface area contributed by atoms with Gasteiger partial charge in [-0.25, -0.2) is 14.4 Å². The van der Waals surface area contributed by atoms with E-state index in [9.17, 15) is 14.0 Å². The second kappa shape index (κ2) is 9.09. The highest BCUT2D eigenvalue weighted by Gasteiger charge is 2.36. The number of aromatic nitrogens is 2. The van der Waals surface area contributed by atoms with Crippen molar-refractivity contribution < 1.29 is 18.7 Å². The van der Waals surface area contributed by atoms with E-state index in [1.54, 1.807) is 24.1 Å². The lowest BCUT2D eigenvalue weighted by Crippen LogP contribution is -2.33. The third kappa shape index (κ3) is 4.44. The Morgan fingerprint density at radius 3 is 2.77 bits per heavy atom. The van der Waals surface area contributed by atoms with Crippen LogP contribution in [0.25, 0.3) is 0 Å². The number of hydrogen-bond donors (Lipinski definition) is 0. The van der Waals surface area contributed by atoms with Crippen LogP contribution in [0.5, 0.6) is 0 Å². The van der Waals surface area contributed by atoms with Crippen LogP contribution in [0.2, 0.25) is 0 Å². The minimum Gasteiger partial charge on any atom is -0.384 e. The van der Waals surface area contributed by atoms with Crippen LogP contribution >= 0.6 is 0 Å². The number of anilines is 1. The van der Waals surface area contributed by atoms with Crippen molar-refractivity contribution in [3.05, 3.63) is 52.7 Å². The largest absolute Gasteiger partial charge is 0.384 e. The zero-order valence-electron chi connectivity index (χ0n) is 17.9. The number of halogens is 1. The molecule has 31 heavy (non-hydrogen) atoms. The number of amides is 2. The smallest absolute Gasteiger partial charge is 0.232 e. The van der Waals surface area contributed by atoms with E-state index in [2.05, 4.69) is 4.98 Å². The summed E-state index contributed by atoms with van der Waals surface area (Å²) < 4.78 is 18.2. The van der Waals surface area contributed by atoms with E-state index in [1.165, 1.54) is 12.1 Å². The van der Waals surface area contributed by atoms with Gasteiger partial charge >= 0.3 is 0 Å². The standard InChI is InChI=1S/C23H27FN4O3/c1-15-18-14-21(30)28(12-9-16-5-7-17(24)8-6-16)23(18)26-22(25-15)19-4-3-11-27(19)20(29)10-13-31-2/h5-8,19H,3-4,9-14H2,1-2H3. The quantitative estimate of drug-likeness (QED) is 0.681. The van der Waals surface area contributed by atoms with Crippen LogP contribution in [0.4, 0.5) is 10.2 Å². The highest BCUT2D eigenvalue weighted by atomic mass is 19.1. The van der Waals surface area contributed by atoms with Gasteiger partial charge in [0.25, 0.3) is 0 Å². The normalized spacial score (nSPS) is 18.0. The average Bonchev–Trinajstić information content (AvgIpc) is 3.36. The van der Waals surface area contributed by atoms with Crippen molar-refractivity contribution in [1.29, 1.82) is 0 Å². The molecule has 2 aliphatic rings. The van der Waals surface area contributed by atoms with E-state index in [0.29, 0.717) is 44.2 Å². The van der Waals surface area contributed by atoms with Crippen molar-refractivity contribution in [2.45, 2.75) is 45.1 Å². The number of rotatable bonds is 7. The van der Waals surface area contributed by atoms with Gasteiger partial charge in [-0.2, -0.15) is 0 Å². The third-order valence-corrected chi connectivity index (χ3v) is 6.02. The van der Waals surface area contributed by atoms with Crippen LogP contribution in [0.1, 0.15) is 47.9 Å². The number of carbonyl (C=O) groups is 2. The Bertz CT molecular complexity index is 980. The lowest BCUT2D eigenvalue weighted by Gasteiger charge is -2.25. The molecule has 0 N–H and O–H groups in total. The first-order valence-electron chi connectivity index (χ1n) is 10.7. The second-order valence-corrected chi connectivity index (χ2v) is 8.06. The molecule has 4 rings (SSSR count). The summed E-state index contributed by atoms with van der Waals surface area (Å²) >= 11 is 0. The molecule has 1 saturated heterocycles. The summed E-state index contributed by atoms with van der Waals surface area (Å²) in [4.78, 5) is 38.3. The predicted octanol–water partition coefficient (Wildman–Crippen LogP) is 2.76. The van der Waals surface area contributed by atoms with Crippen molar-refractivity contribution in [2.75, 3.05) is 31.7 Å². The van der Waals surface area contributed by atoms with Gasteiger partial charge in [-0.3, -0.25) is 14.5 Å². The number of likely N-dealkylation sites (tertiary alicyclic amines) is 1. The van der Waals surface area contributed by atoms with E-state index >= 15 is 0 Å². The molecule has 0 spiro atoms. The molecule has 1 atom stereocenters. The molecule has 164 valence electrons. The summed E-state index contributed by atoms with van der Waals surface area (Å²) in [5.41, 5.74) is 2.59. The summed E-state index contributed by atoms with van der Waals surface area (Å²) in [7, 11) is 1.58. The molecule has 2 aromatic rings. The maximum absolute atomic E-state index is 13.2. The fourth-order valence-electron chi connectivity index (χ4n) is 4.34. The van der Waals surface area contributed by atoms with Gasteiger partial charge in [0.05, 0.1) is 25.5 Å². The first-order chi connectivity index (χ1) is 15.0. The van der Waals surface area contributed by atoms with Crippen molar-refractivity contribution >= 4 is 17.6 Å². The highest BCUT2D eigenvalue weighted by molar-refractivity contribution is 6.00. The minimum absolute atomic E-state index is 0.00823. The Morgan fingerprint density at radius 1 is 1.26 bits per heavy atom. The molecule has 3 heterocycles. The van der Waals surface area contributed by atoms with Crippen LogP contribution in [0.15, 0.2) is 24.3 Å². The number of ether oxygens (including phenoxy) is 1. The van der Waals surface area contributed by atoms with Gasteiger partial charge in [-0.05, 0) is 43.9 Å².